The van der Waals surface area contributed by atoms with E-state index in [-0.39, 0.29) is 11.4 Å². The van der Waals surface area contributed by atoms with Crippen molar-refractivity contribution in [1.82, 2.24) is 10.3 Å². The van der Waals surface area contributed by atoms with Crippen LogP contribution in [-0.2, 0) is 4.74 Å². The van der Waals surface area contributed by atoms with E-state index in [1.54, 1.807) is 18.3 Å². The Balaban J connectivity index is 2.07. The van der Waals surface area contributed by atoms with Gasteiger partial charge < -0.3 is 10.1 Å². The molecule has 2 rings (SSSR count). The molecule has 1 aliphatic rings. The van der Waals surface area contributed by atoms with E-state index in [0.717, 1.165) is 17.3 Å². The van der Waals surface area contributed by atoms with Gasteiger partial charge in [-0.25, -0.2) is 4.98 Å². The van der Waals surface area contributed by atoms with E-state index in [1.165, 1.54) is 0 Å². The lowest BCUT2D eigenvalue weighted by Gasteiger charge is -2.36. The molecule has 4 nitrogen and oxygen atoms in total. The van der Waals surface area contributed by atoms with Gasteiger partial charge in [0.05, 0.1) is 5.54 Å². The molecule has 1 N–H and O–H groups in total. The van der Waals surface area contributed by atoms with Gasteiger partial charge in [-0.3, -0.25) is 4.79 Å². The first-order valence-electron chi connectivity index (χ1n) is 5.73. The maximum atomic E-state index is 12.1. The number of amides is 1. The van der Waals surface area contributed by atoms with E-state index in [4.69, 9.17) is 16.3 Å². The summed E-state index contributed by atoms with van der Waals surface area (Å²) in [5, 5.41) is 2.99. The van der Waals surface area contributed by atoms with Gasteiger partial charge in [0.15, 0.2) is 0 Å². The number of hydrogen-bond donors (Lipinski definition) is 1. The summed E-state index contributed by atoms with van der Waals surface area (Å²) in [6.07, 6.45) is 3.07. The number of nitrogens with zero attached hydrogens (tertiary/aromatic N) is 1. The number of pyridine rings is 1. The number of halogens is 2. The zero-order chi connectivity index (χ0) is 13.0. The van der Waals surface area contributed by atoms with Crippen molar-refractivity contribution in [2.45, 2.75) is 18.4 Å². The molecule has 0 unspecified atom stereocenters. The Bertz CT molecular complexity index is 419. The van der Waals surface area contributed by atoms with Crippen LogP contribution in [0.2, 0.25) is 0 Å². The summed E-state index contributed by atoms with van der Waals surface area (Å²) in [4.78, 5) is 16.2. The SMILES string of the molecule is O=C(NC1(CCl)CCOCC1)c1ccc(Br)cn1. The summed E-state index contributed by atoms with van der Waals surface area (Å²) in [7, 11) is 0. The second kappa shape index (κ2) is 5.99. The van der Waals surface area contributed by atoms with Crippen molar-refractivity contribution in [3.05, 3.63) is 28.5 Å². The average molecular weight is 334 g/mol. The van der Waals surface area contributed by atoms with Gasteiger partial charge in [-0.05, 0) is 40.9 Å². The summed E-state index contributed by atoms with van der Waals surface area (Å²) in [5.74, 6) is 0.198. The lowest BCUT2D eigenvalue weighted by Crippen LogP contribution is -2.53. The van der Waals surface area contributed by atoms with Crippen molar-refractivity contribution >= 4 is 33.4 Å². The number of alkyl halides is 1. The van der Waals surface area contributed by atoms with Gasteiger partial charge in [0.1, 0.15) is 5.69 Å². The topological polar surface area (TPSA) is 51.2 Å². The van der Waals surface area contributed by atoms with E-state index in [0.29, 0.717) is 24.8 Å². The lowest BCUT2D eigenvalue weighted by molar-refractivity contribution is 0.0432. The molecule has 1 amide bonds. The molecule has 1 saturated heterocycles. The van der Waals surface area contributed by atoms with Crippen LogP contribution in [0.25, 0.3) is 0 Å². The molecule has 6 heteroatoms. The molecule has 0 bridgehead atoms. The highest BCUT2D eigenvalue weighted by Gasteiger charge is 2.33. The number of nitrogens with one attached hydrogen (secondary N) is 1. The summed E-state index contributed by atoms with van der Waals surface area (Å²) in [6, 6.07) is 3.47. The number of hydrogen-bond acceptors (Lipinski definition) is 3. The Morgan fingerprint density at radius 1 is 1.50 bits per heavy atom. The Hall–Kier alpha value is -0.650. The standard InChI is InChI=1S/C12H14BrClN2O2/c13-9-1-2-10(15-7-9)11(17)16-12(8-14)3-5-18-6-4-12/h1-2,7H,3-6,8H2,(H,16,17). The maximum Gasteiger partial charge on any atom is 0.270 e. The number of carbonyl (C=O) groups excluding carboxylic acids is 1. The Kier molecular flexibility index (Phi) is 4.59. The minimum Gasteiger partial charge on any atom is -0.381 e. The van der Waals surface area contributed by atoms with Crippen LogP contribution in [0.5, 0.6) is 0 Å². The fourth-order valence-corrected chi connectivity index (χ4v) is 2.44. The number of rotatable bonds is 3. The molecule has 2 heterocycles. The molecule has 0 aromatic carbocycles. The minimum atomic E-state index is -0.369. The van der Waals surface area contributed by atoms with Crippen LogP contribution in [0.4, 0.5) is 0 Å². The Morgan fingerprint density at radius 3 is 2.78 bits per heavy atom. The van der Waals surface area contributed by atoms with Crippen LogP contribution >= 0.6 is 27.5 Å². The largest absolute Gasteiger partial charge is 0.381 e. The van der Waals surface area contributed by atoms with E-state index < -0.39 is 0 Å². The molecular weight excluding hydrogens is 320 g/mol. The molecule has 0 saturated carbocycles. The van der Waals surface area contributed by atoms with Crippen molar-refractivity contribution in [3.63, 3.8) is 0 Å². The molecule has 0 spiro atoms. The lowest BCUT2D eigenvalue weighted by atomic mass is 9.92. The van der Waals surface area contributed by atoms with Crippen molar-refractivity contribution in [1.29, 1.82) is 0 Å². The van der Waals surface area contributed by atoms with Crippen LogP contribution in [-0.4, -0.2) is 35.5 Å². The van der Waals surface area contributed by atoms with Crippen LogP contribution in [0.3, 0.4) is 0 Å². The summed E-state index contributed by atoms with van der Waals surface area (Å²) < 4.78 is 6.14. The highest BCUT2D eigenvalue weighted by atomic mass is 79.9. The third-order valence-electron chi connectivity index (χ3n) is 3.04. The predicted molar refractivity (Wildman–Crippen MR) is 72.9 cm³/mol. The molecule has 98 valence electrons. The normalized spacial score (nSPS) is 18.3. The number of ether oxygens (including phenoxy) is 1. The monoisotopic (exact) mass is 332 g/mol. The molecular formula is C12H14BrClN2O2. The van der Waals surface area contributed by atoms with Crippen molar-refractivity contribution in [2.75, 3.05) is 19.1 Å². The van der Waals surface area contributed by atoms with Gasteiger partial charge in [-0.2, -0.15) is 0 Å². The zero-order valence-corrected chi connectivity index (χ0v) is 12.1. The fourth-order valence-electron chi connectivity index (χ4n) is 1.87. The van der Waals surface area contributed by atoms with E-state index in [1.807, 2.05) is 0 Å². The molecule has 0 radical (unpaired) electrons. The second-order valence-corrected chi connectivity index (χ2v) is 5.53. The van der Waals surface area contributed by atoms with Gasteiger partial charge in [-0.15, -0.1) is 11.6 Å². The van der Waals surface area contributed by atoms with Crippen molar-refractivity contribution in [3.8, 4) is 0 Å². The third-order valence-corrected chi connectivity index (χ3v) is 4.03. The smallest absolute Gasteiger partial charge is 0.270 e. The summed E-state index contributed by atoms with van der Waals surface area (Å²) in [6.45, 7) is 1.25. The van der Waals surface area contributed by atoms with Crippen LogP contribution in [0.15, 0.2) is 22.8 Å². The summed E-state index contributed by atoms with van der Waals surface area (Å²) >= 11 is 9.28. The van der Waals surface area contributed by atoms with Crippen molar-refractivity contribution in [2.24, 2.45) is 0 Å². The molecule has 0 atom stereocenters. The highest BCUT2D eigenvalue weighted by Crippen LogP contribution is 2.22. The maximum absolute atomic E-state index is 12.1. The van der Waals surface area contributed by atoms with Gasteiger partial charge in [0.25, 0.3) is 5.91 Å². The minimum absolute atomic E-state index is 0.190. The van der Waals surface area contributed by atoms with Crippen LogP contribution < -0.4 is 5.32 Å². The third kappa shape index (κ3) is 3.22. The van der Waals surface area contributed by atoms with E-state index in [2.05, 4.69) is 26.2 Å². The molecule has 1 aromatic rings. The predicted octanol–water partition coefficient (Wildman–Crippen LogP) is 2.36. The van der Waals surface area contributed by atoms with Crippen LogP contribution in [0.1, 0.15) is 23.3 Å². The molecule has 1 fully saturated rings. The average Bonchev–Trinajstić information content (AvgIpc) is 2.40. The highest BCUT2D eigenvalue weighted by molar-refractivity contribution is 9.10. The van der Waals surface area contributed by atoms with Gasteiger partial charge in [0, 0.05) is 29.8 Å². The Morgan fingerprint density at radius 2 is 2.22 bits per heavy atom. The van der Waals surface area contributed by atoms with Gasteiger partial charge in [-0.1, -0.05) is 0 Å². The molecule has 1 aliphatic heterocycles. The molecule has 18 heavy (non-hydrogen) atoms. The Labute approximate surface area is 119 Å². The number of carbonyl (C=O) groups is 1. The molecule has 0 aliphatic carbocycles. The number of aromatic nitrogens is 1. The zero-order valence-electron chi connectivity index (χ0n) is 9.79. The van der Waals surface area contributed by atoms with E-state index >= 15 is 0 Å². The quantitative estimate of drug-likeness (QED) is 0.864. The second-order valence-electron chi connectivity index (χ2n) is 4.34. The first-order chi connectivity index (χ1) is 8.65. The van der Waals surface area contributed by atoms with Gasteiger partial charge >= 0.3 is 0 Å². The first-order valence-corrected chi connectivity index (χ1v) is 7.06. The molecule has 1 aromatic heterocycles. The van der Waals surface area contributed by atoms with Gasteiger partial charge in [0.2, 0.25) is 0 Å². The fraction of sp³-hybridized carbons (Fsp3) is 0.500. The van der Waals surface area contributed by atoms with E-state index in [9.17, 15) is 4.79 Å². The van der Waals surface area contributed by atoms with Crippen LogP contribution in [0, 0.1) is 0 Å². The summed E-state index contributed by atoms with van der Waals surface area (Å²) in [5.41, 5.74) is 0.0280. The first kappa shape index (κ1) is 13.8. The van der Waals surface area contributed by atoms with Crippen molar-refractivity contribution < 1.29 is 9.53 Å².